The minimum Gasteiger partial charge on any atom is -0.310 e. The van der Waals surface area contributed by atoms with Gasteiger partial charge in [-0.15, -0.1) is 11.3 Å². The van der Waals surface area contributed by atoms with Crippen LogP contribution in [0.1, 0.15) is 0 Å². The molecule has 58 heavy (non-hydrogen) atoms. The van der Waals surface area contributed by atoms with E-state index in [9.17, 15) is 0 Å². The van der Waals surface area contributed by atoms with Gasteiger partial charge in [0.15, 0.2) is 0 Å². The molecule has 2 nitrogen and oxygen atoms in total. The highest BCUT2D eigenvalue weighted by molar-refractivity contribution is 7.26. The topological polar surface area (TPSA) is 8.17 Å². The fraction of sp³-hybridized carbons (Fsp3) is 0. The molecule has 0 saturated heterocycles. The van der Waals surface area contributed by atoms with Crippen molar-refractivity contribution in [2.45, 2.75) is 0 Å². The molecule has 274 valence electrons. The summed E-state index contributed by atoms with van der Waals surface area (Å²) < 4.78 is 4.95. The van der Waals surface area contributed by atoms with E-state index in [2.05, 4.69) is 222 Å². The summed E-state index contributed by atoms with van der Waals surface area (Å²) in [6.07, 6.45) is 0. The van der Waals surface area contributed by atoms with Crippen LogP contribution in [0.25, 0.3) is 81.0 Å². The third-order valence-corrected chi connectivity index (χ3v) is 12.6. The lowest BCUT2D eigenvalue weighted by Gasteiger charge is -2.27. The zero-order valence-electron chi connectivity index (χ0n) is 31.4. The minimum atomic E-state index is 0.681. The first kappa shape index (κ1) is 34.3. The number of fused-ring (bicyclic) bond motifs is 7. The van der Waals surface area contributed by atoms with Crippen LogP contribution >= 0.6 is 22.9 Å². The van der Waals surface area contributed by atoms with Crippen LogP contribution in [0.5, 0.6) is 0 Å². The van der Waals surface area contributed by atoms with E-state index >= 15 is 0 Å². The second-order valence-electron chi connectivity index (χ2n) is 14.7. The van der Waals surface area contributed by atoms with Gasteiger partial charge in [0.2, 0.25) is 0 Å². The summed E-state index contributed by atoms with van der Waals surface area (Å²) in [6, 6.07) is 76.0. The molecule has 0 aliphatic carbocycles. The highest BCUT2D eigenvalue weighted by Crippen LogP contribution is 2.49. The largest absolute Gasteiger partial charge is 0.310 e. The van der Waals surface area contributed by atoms with Gasteiger partial charge in [0.1, 0.15) is 0 Å². The quantitative estimate of drug-likeness (QED) is 0.156. The molecule has 0 unspecified atom stereocenters. The Morgan fingerprint density at radius 2 is 0.948 bits per heavy atom. The van der Waals surface area contributed by atoms with E-state index < -0.39 is 0 Å². The van der Waals surface area contributed by atoms with Crippen molar-refractivity contribution in [2.75, 3.05) is 4.90 Å². The van der Waals surface area contributed by atoms with E-state index in [0.29, 0.717) is 5.02 Å². The fourth-order valence-electron chi connectivity index (χ4n) is 8.57. The number of hydrogen-bond donors (Lipinski definition) is 0. The Labute approximate surface area is 346 Å². The molecule has 2 heterocycles. The third kappa shape index (κ3) is 5.87. The molecular weight excluding hydrogens is 744 g/mol. The summed E-state index contributed by atoms with van der Waals surface area (Å²) in [5.74, 6) is 0. The number of thiophene rings is 1. The standard InChI is InChI=1S/C54H35ClN2S/c55-41-32-40(48-35-49-46-20-10-12-22-50(46)57(42-18-8-3-9-19-42)53(49)52-47-21-11-13-23-51(47)58-54(48)52)33-45(34-41)56(43-28-24-38(25-29-43)36-14-4-1-5-15-36)44-30-26-39(27-31-44)37-16-6-2-7-17-37/h1-35H. The fourth-order valence-corrected chi connectivity index (χ4v) is 10.0. The lowest BCUT2D eigenvalue weighted by molar-refractivity contribution is 1.19. The average molecular weight is 779 g/mol. The maximum atomic E-state index is 7.23. The predicted molar refractivity (Wildman–Crippen MR) is 250 cm³/mol. The van der Waals surface area contributed by atoms with E-state index in [1.807, 2.05) is 11.3 Å². The average Bonchev–Trinajstić information content (AvgIpc) is 3.84. The molecule has 11 rings (SSSR count). The molecule has 11 aromatic rings. The number of para-hydroxylation sites is 2. The van der Waals surface area contributed by atoms with Crippen molar-refractivity contribution in [1.29, 1.82) is 0 Å². The highest BCUT2D eigenvalue weighted by atomic mass is 35.5. The van der Waals surface area contributed by atoms with Gasteiger partial charge in [-0.25, -0.2) is 0 Å². The van der Waals surface area contributed by atoms with Crippen molar-refractivity contribution in [3.8, 4) is 39.1 Å². The van der Waals surface area contributed by atoms with Gasteiger partial charge in [0.05, 0.1) is 11.0 Å². The van der Waals surface area contributed by atoms with Crippen LogP contribution < -0.4 is 4.90 Å². The summed E-state index contributed by atoms with van der Waals surface area (Å²) in [5, 5.41) is 5.65. The summed E-state index contributed by atoms with van der Waals surface area (Å²) in [5.41, 5.74) is 13.6. The molecule has 0 atom stereocenters. The Hall–Kier alpha value is -6.91. The van der Waals surface area contributed by atoms with Crippen LogP contribution in [0.4, 0.5) is 17.1 Å². The van der Waals surface area contributed by atoms with Gasteiger partial charge < -0.3 is 9.47 Å². The number of nitrogens with zero attached hydrogens (tertiary/aromatic N) is 2. The van der Waals surface area contributed by atoms with Gasteiger partial charge in [-0.3, -0.25) is 0 Å². The second kappa shape index (κ2) is 14.2. The molecule has 0 amide bonds. The third-order valence-electron chi connectivity index (χ3n) is 11.2. The summed E-state index contributed by atoms with van der Waals surface area (Å²) >= 11 is 9.08. The molecule has 0 spiro atoms. The number of hydrogen-bond acceptors (Lipinski definition) is 2. The molecule has 0 aliphatic heterocycles. The molecule has 4 heteroatoms. The van der Waals surface area contributed by atoms with Crippen LogP contribution in [0.3, 0.4) is 0 Å². The first-order chi connectivity index (χ1) is 28.7. The van der Waals surface area contributed by atoms with Crippen LogP contribution in [0.2, 0.25) is 5.02 Å². The first-order valence-electron chi connectivity index (χ1n) is 19.5. The van der Waals surface area contributed by atoms with E-state index in [1.54, 1.807) is 0 Å². The van der Waals surface area contributed by atoms with Crippen LogP contribution in [0.15, 0.2) is 212 Å². The summed E-state index contributed by atoms with van der Waals surface area (Å²) in [6.45, 7) is 0. The smallest absolute Gasteiger partial charge is 0.0634 e. The Balaban J connectivity index is 1.14. The number of aromatic nitrogens is 1. The molecule has 9 aromatic carbocycles. The van der Waals surface area contributed by atoms with Gasteiger partial charge >= 0.3 is 0 Å². The van der Waals surface area contributed by atoms with Gasteiger partial charge in [-0.1, -0.05) is 151 Å². The van der Waals surface area contributed by atoms with Crippen molar-refractivity contribution >= 4 is 82.0 Å². The molecule has 0 saturated carbocycles. The van der Waals surface area contributed by atoms with Crippen molar-refractivity contribution in [3.05, 3.63) is 217 Å². The molecule has 0 N–H and O–H groups in total. The normalized spacial score (nSPS) is 11.5. The van der Waals surface area contributed by atoms with Crippen molar-refractivity contribution in [3.63, 3.8) is 0 Å². The van der Waals surface area contributed by atoms with Crippen molar-refractivity contribution < 1.29 is 0 Å². The SMILES string of the molecule is Clc1cc(-c2cc3c4ccccc4n(-c4ccccc4)c3c3c2sc2ccccc23)cc(N(c2ccc(-c3ccccc3)cc2)c2ccc(-c3ccccc3)cc2)c1. The van der Waals surface area contributed by atoms with E-state index in [1.165, 1.54) is 69.8 Å². The monoisotopic (exact) mass is 778 g/mol. The van der Waals surface area contributed by atoms with Gasteiger partial charge in [-0.05, 0) is 101 Å². The summed E-state index contributed by atoms with van der Waals surface area (Å²) in [4.78, 5) is 2.32. The lowest BCUT2D eigenvalue weighted by Crippen LogP contribution is -2.10. The van der Waals surface area contributed by atoms with Gasteiger partial charge in [-0.2, -0.15) is 0 Å². The number of anilines is 3. The number of benzene rings is 9. The first-order valence-corrected chi connectivity index (χ1v) is 20.7. The predicted octanol–water partition coefficient (Wildman–Crippen LogP) is 16.3. The zero-order valence-corrected chi connectivity index (χ0v) is 33.0. The van der Waals surface area contributed by atoms with Crippen molar-refractivity contribution in [2.24, 2.45) is 0 Å². The minimum absolute atomic E-state index is 0.681. The Morgan fingerprint density at radius 1 is 0.414 bits per heavy atom. The van der Waals surface area contributed by atoms with E-state index in [0.717, 1.165) is 28.3 Å². The molecular formula is C54H35ClN2S. The van der Waals surface area contributed by atoms with Crippen molar-refractivity contribution in [1.82, 2.24) is 4.57 Å². The molecule has 0 bridgehead atoms. The maximum Gasteiger partial charge on any atom is 0.0634 e. The number of halogens is 1. The van der Waals surface area contributed by atoms with E-state index in [4.69, 9.17) is 11.6 Å². The highest BCUT2D eigenvalue weighted by Gasteiger charge is 2.23. The molecule has 2 aromatic heterocycles. The Kier molecular flexibility index (Phi) is 8.43. The maximum absolute atomic E-state index is 7.23. The van der Waals surface area contributed by atoms with E-state index in [-0.39, 0.29) is 0 Å². The van der Waals surface area contributed by atoms with Crippen LogP contribution in [0, 0.1) is 0 Å². The lowest BCUT2D eigenvalue weighted by atomic mass is 9.98. The van der Waals surface area contributed by atoms with Crippen LogP contribution in [-0.4, -0.2) is 4.57 Å². The zero-order chi connectivity index (χ0) is 38.6. The number of rotatable bonds is 7. The van der Waals surface area contributed by atoms with Gasteiger partial charge in [0, 0.05) is 64.3 Å². The molecule has 0 fully saturated rings. The Bertz CT molecular complexity index is 3180. The molecule has 0 radical (unpaired) electrons. The Morgan fingerprint density at radius 3 is 1.59 bits per heavy atom. The molecule has 0 aliphatic rings. The summed E-state index contributed by atoms with van der Waals surface area (Å²) in [7, 11) is 0. The van der Waals surface area contributed by atoms with Gasteiger partial charge in [0.25, 0.3) is 0 Å². The van der Waals surface area contributed by atoms with Crippen LogP contribution in [-0.2, 0) is 0 Å². The second-order valence-corrected chi connectivity index (χ2v) is 16.2.